The summed E-state index contributed by atoms with van der Waals surface area (Å²) in [6.45, 7) is 3.39. The Labute approximate surface area is 152 Å². The van der Waals surface area contributed by atoms with Crippen molar-refractivity contribution in [3.05, 3.63) is 59.7 Å². The summed E-state index contributed by atoms with van der Waals surface area (Å²) in [4.78, 5) is 19.3. The van der Waals surface area contributed by atoms with Gasteiger partial charge in [-0.3, -0.25) is 9.89 Å². The molecule has 3 heterocycles. The molecular weight excluding hydrogens is 328 g/mol. The first-order chi connectivity index (χ1) is 12.7. The van der Waals surface area contributed by atoms with E-state index >= 15 is 0 Å². The molecule has 26 heavy (non-hydrogen) atoms. The maximum Gasteiger partial charge on any atom is 0.228 e. The number of hydrogen-bond donors (Lipinski definition) is 1. The molecule has 1 aliphatic heterocycles. The molecule has 6 heteroatoms. The Hall–Kier alpha value is -2.89. The van der Waals surface area contributed by atoms with Crippen molar-refractivity contribution in [3.8, 4) is 11.5 Å². The fourth-order valence-corrected chi connectivity index (χ4v) is 3.50. The molecule has 1 amide bonds. The normalized spacial score (nSPS) is 17.4. The zero-order valence-electron chi connectivity index (χ0n) is 14.8. The smallest absolute Gasteiger partial charge is 0.228 e. The summed E-state index contributed by atoms with van der Waals surface area (Å²) in [5.41, 5.74) is 2.75. The minimum atomic E-state index is 0.102. The SMILES string of the molecule is Cc1oc(-c2ccccc2)nc1CC(=O)N1CCCC(c2ccn[nH]2)C1. The number of likely N-dealkylation sites (tertiary alicyclic amines) is 1. The average Bonchev–Trinajstić information content (AvgIpc) is 3.33. The van der Waals surface area contributed by atoms with E-state index in [0.717, 1.165) is 42.9 Å². The van der Waals surface area contributed by atoms with E-state index < -0.39 is 0 Å². The van der Waals surface area contributed by atoms with E-state index in [1.807, 2.05) is 48.2 Å². The second-order valence-corrected chi connectivity index (χ2v) is 6.76. The zero-order valence-corrected chi connectivity index (χ0v) is 14.8. The van der Waals surface area contributed by atoms with Crippen molar-refractivity contribution in [1.82, 2.24) is 20.1 Å². The number of aromatic amines is 1. The fraction of sp³-hybridized carbons (Fsp3) is 0.350. The molecule has 134 valence electrons. The summed E-state index contributed by atoms with van der Waals surface area (Å²) in [7, 11) is 0. The second kappa shape index (κ2) is 7.15. The van der Waals surface area contributed by atoms with Gasteiger partial charge in [-0.05, 0) is 38.0 Å². The molecule has 2 aromatic heterocycles. The van der Waals surface area contributed by atoms with Gasteiger partial charge in [0, 0.05) is 36.5 Å². The Morgan fingerprint density at radius 2 is 2.15 bits per heavy atom. The third kappa shape index (κ3) is 3.40. The predicted molar refractivity (Wildman–Crippen MR) is 97.5 cm³/mol. The third-order valence-corrected chi connectivity index (χ3v) is 4.97. The Morgan fingerprint density at radius 3 is 2.92 bits per heavy atom. The van der Waals surface area contributed by atoms with Crippen molar-refractivity contribution in [2.75, 3.05) is 13.1 Å². The van der Waals surface area contributed by atoms with Gasteiger partial charge in [0.15, 0.2) is 0 Å². The first-order valence-corrected chi connectivity index (χ1v) is 8.99. The highest BCUT2D eigenvalue weighted by molar-refractivity contribution is 5.79. The van der Waals surface area contributed by atoms with Crippen LogP contribution in [-0.4, -0.2) is 39.1 Å². The second-order valence-electron chi connectivity index (χ2n) is 6.76. The molecule has 0 saturated carbocycles. The van der Waals surface area contributed by atoms with Crippen LogP contribution < -0.4 is 0 Å². The third-order valence-electron chi connectivity index (χ3n) is 4.97. The van der Waals surface area contributed by atoms with Gasteiger partial charge in [0.25, 0.3) is 0 Å². The first-order valence-electron chi connectivity index (χ1n) is 8.99. The topological polar surface area (TPSA) is 75.0 Å². The quantitative estimate of drug-likeness (QED) is 0.783. The number of piperidine rings is 1. The Bertz CT molecular complexity index is 871. The molecule has 0 radical (unpaired) electrons. The molecule has 1 saturated heterocycles. The molecule has 1 atom stereocenters. The Morgan fingerprint density at radius 1 is 1.31 bits per heavy atom. The molecule has 1 fully saturated rings. The van der Waals surface area contributed by atoms with Gasteiger partial charge in [-0.15, -0.1) is 0 Å². The average molecular weight is 350 g/mol. The van der Waals surface area contributed by atoms with Gasteiger partial charge in [-0.1, -0.05) is 18.2 Å². The van der Waals surface area contributed by atoms with Gasteiger partial charge < -0.3 is 9.32 Å². The summed E-state index contributed by atoms with van der Waals surface area (Å²) in [5, 5.41) is 7.06. The maximum absolute atomic E-state index is 12.8. The number of benzene rings is 1. The van der Waals surface area contributed by atoms with Crippen molar-refractivity contribution in [2.45, 2.75) is 32.1 Å². The van der Waals surface area contributed by atoms with Crippen molar-refractivity contribution < 1.29 is 9.21 Å². The number of carbonyl (C=O) groups is 1. The number of rotatable bonds is 4. The zero-order chi connectivity index (χ0) is 17.9. The van der Waals surface area contributed by atoms with Gasteiger partial charge in [0.2, 0.25) is 11.8 Å². The van der Waals surface area contributed by atoms with Crippen LogP contribution >= 0.6 is 0 Å². The van der Waals surface area contributed by atoms with E-state index in [0.29, 0.717) is 17.6 Å². The Balaban J connectivity index is 1.45. The molecule has 1 N–H and O–H groups in total. The summed E-state index contributed by atoms with van der Waals surface area (Å²) in [6.07, 6.45) is 4.12. The number of carbonyl (C=O) groups excluding carboxylic acids is 1. The van der Waals surface area contributed by atoms with E-state index in [-0.39, 0.29) is 12.3 Å². The Kier molecular flexibility index (Phi) is 4.56. The monoisotopic (exact) mass is 350 g/mol. The first kappa shape index (κ1) is 16.6. The van der Waals surface area contributed by atoms with Crippen LogP contribution in [0.1, 0.15) is 35.9 Å². The lowest BCUT2D eigenvalue weighted by Crippen LogP contribution is -2.40. The van der Waals surface area contributed by atoms with Crippen LogP contribution in [0.15, 0.2) is 47.0 Å². The van der Waals surface area contributed by atoms with Gasteiger partial charge in [0.1, 0.15) is 5.76 Å². The van der Waals surface area contributed by atoms with E-state index in [1.165, 1.54) is 0 Å². The number of aromatic nitrogens is 3. The lowest BCUT2D eigenvalue weighted by molar-refractivity contribution is -0.131. The molecule has 4 rings (SSSR count). The highest BCUT2D eigenvalue weighted by atomic mass is 16.4. The van der Waals surface area contributed by atoms with Crippen molar-refractivity contribution >= 4 is 5.91 Å². The lowest BCUT2D eigenvalue weighted by atomic mass is 9.94. The molecule has 1 aliphatic rings. The molecular formula is C20H22N4O2. The van der Waals surface area contributed by atoms with Crippen LogP contribution in [0.2, 0.25) is 0 Å². The van der Waals surface area contributed by atoms with E-state index in [4.69, 9.17) is 4.42 Å². The van der Waals surface area contributed by atoms with E-state index in [1.54, 1.807) is 6.20 Å². The predicted octanol–water partition coefficient (Wildman–Crippen LogP) is 3.32. The highest BCUT2D eigenvalue weighted by Gasteiger charge is 2.26. The van der Waals surface area contributed by atoms with E-state index in [2.05, 4.69) is 15.2 Å². The van der Waals surface area contributed by atoms with Crippen LogP contribution in [-0.2, 0) is 11.2 Å². The number of aryl methyl sites for hydroxylation is 1. The number of hydrogen-bond acceptors (Lipinski definition) is 4. The van der Waals surface area contributed by atoms with Crippen molar-refractivity contribution in [1.29, 1.82) is 0 Å². The van der Waals surface area contributed by atoms with Crippen LogP contribution in [0.4, 0.5) is 0 Å². The number of nitrogens with zero attached hydrogens (tertiary/aromatic N) is 3. The van der Waals surface area contributed by atoms with Gasteiger partial charge >= 0.3 is 0 Å². The largest absolute Gasteiger partial charge is 0.441 e. The molecule has 6 nitrogen and oxygen atoms in total. The molecule has 0 aliphatic carbocycles. The van der Waals surface area contributed by atoms with Gasteiger partial charge in [0.05, 0.1) is 12.1 Å². The van der Waals surface area contributed by atoms with Gasteiger partial charge in [-0.25, -0.2) is 4.98 Å². The lowest BCUT2D eigenvalue weighted by Gasteiger charge is -2.32. The summed E-state index contributed by atoms with van der Waals surface area (Å²) < 4.78 is 5.77. The maximum atomic E-state index is 12.8. The number of oxazole rings is 1. The van der Waals surface area contributed by atoms with E-state index in [9.17, 15) is 4.79 Å². The van der Waals surface area contributed by atoms with Crippen molar-refractivity contribution in [2.24, 2.45) is 0 Å². The van der Waals surface area contributed by atoms with Crippen molar-refractivity contribution in [3.63, 3.8) is 0 Å². The minimum absolute atomic E-state index is 0.102. The molecule has 3 aromatic rings. The highest BCUT2D eigenvalue weighted by Crippen LogP contribution is 2.26. The number of amides is 1. The number of nitrogens with one attached hydrogen (secondary N) is 1. The standard InChI is InChI=1S/C20H22N4O2/c1-14-18(22-20(26-14)15-6-3-2-4-7-15)12-19(25)24-11-5-8-16(13-24)17-9-10-21-23-17/h2-4,6-7,9-10,16H,5,8,11-13H2,1H3,(H,21,23). The van der Waals surface area contributed by atoms with Gasteiger partial charge in [-0.2, -0.15) is 5.10 Å². The number of H-pyrrole nitrogens is 1. The summed E-state index contributed by atoms with van der Waals surface area (Å²) in [6, 6.07) is 11.8. The summed E-state index contributed by atoms with van der Waals surface area (Å²) in [5.74, 6) is 1.71. The summed E-state index contributed by atoms with van der Waals surface area (Å²) >= 11 is 0. The molecule has 0 bridgehead atoms. The fourth-order valence-electron chi connectivity index (χ4n) is 3.50. The minimum Gasteiger partial charge on any atom is -0.441 e. The molecule has 0 spiro atoms. The molecule has 1 aromatic carbocycles. The molecule has 1 unspecified atom stereocenters. The van der Waals surface area contributed by atoms with Crippen LogP contribution in [0.25, 0.3) is 11.5 Å². The van der Waals surface area contributed by atoms with Crippen LogP contribution in [0, 0.1) is 6.92 Å². The van der Waals surface area contributed by atoms with Crippen LogP contribution in [0.5, 0.6) is 0 Å². The van der Waals surface area contributed by atoms with Crippen LogP contribution in [0.3, 0.4) is 0 Å².